The average molecular weight is 440 g/mol. The van der Waals surface area contributed by atoms with Crippen molar-refractivity contribution in [2.24, 2.45) is 0 Å². The molecule has 8 heteroatoms. The smallest absolute Gasteiger partial charge is 0.280 e. The molecule has 1 amide bonds. The average Bonchev–Trinajstić information content (AvgIpc) is 3.20. The van der Waals surface area contributed by atoms with E-state index in [9.17, 15) is 13.6 Å². The van der Waals surface area contributed by atoms with Crippen LogP contribution in [0.15, 0.2) is 79.0 Å². The Kier molecular flexibility index (Phi) is 5.95. The molecule has 0 saturated heterocycles. The van der Waals surface area contributed by atoms with Crippen LogP contribution in [0, 0.1) is 11.6 Å². The highest BCUT2D eigenvalue weighted by Gasteiger charge is 2.19. The van der Waals surface area contributed by atoms with Crippen LogP contribution < -0.4 is 10.1 Å². The summed E-state index contributed by atoms with van der Waals surface area (Å²) in [6, 6.07) is 18.1. The zero-order valence-corrected chi connectivity index (χ0v) is 16.8. The summed E-state index contributed by atoms with van der Waals surface area (Å²) in [5.74, 6) is -1.00. The van der Waals surface area contributed by atoms with Crippen molar-refractivity contribution in [2.45, 2.75) is 6.61 Å². The van der Waals surface area contributed by atoms with Gasteiger partial charge < -0.3 is 10.1 Å². The van der Waals surface area contributed by atoms with Crippen molar-refractivity contribution in [3.8, 4) is 11.4 Å². The van der Waals surface area contributed by atoms with Crippen LogP contribution in [0.3, 0.4) is 0 Å². The largest absolute Gasteiger partial charge is 0.485 e. The van der Waals surface area contributed by atoms with Gasteiger partial charge in [0.1, 0.15) is 18.2 Å². The summed E-state index contributed by atoms with van der Waals surface area (Å²) in [5, 5.41) is 7.61. The standard InChI is InChI=1S/C23H16ClF2N3O2/c24-16-3-9-19(10-4-16)27-23(30)22-21(31-14-15-1-5-17(25)6-2-15)13-29(28-22)20-11-7-18(26)8-12-20/h1-13H,14H2,(H,27,30). The van der Waals surface area contributed by atoms with Gasteiger partial charge >= 0.3 is 0 Å². The summed E-state index contributed by atoms with van der Waals surface area (Å²) in [6.45, 7) is 0.108. The molecule has 0 aliphatic rings. The fourth-order valence-corrected chi connectivity index (χ4v) is 2.94. The second-order valence-corrected chi connectivity index (χ2v) is 7.08. The maximum Gasteiger partial charge on any atom is 0.280 e. The molecule has 0 aliphatic carbocycles. The first kappa shape index (κ1) is 20.6. The highest BCUT2D eigenvalue weighted by molar-refractivity contribution is 6.30. The van der Waals surface area contributed by atoms with Crippen molar-refractivity contribution in [1.82, 2.24) is 9.78 Å². The van der Waals surface area contributed by atoms with Gasteiger partial charge in [-0.1, -0.05) is 23.7 Å². The van der Waals surface area contributed by atoms with Crippen molar-refractivity contribution in [3.05, 3.63) is 107 Å². The van der Waals surface area contributed by atoms with Crippen LogP contribution in [0.2, 0.25) is 5.02 Å². The molecule has 0 radical (unpaired) electrons. The topological polar surface area (TPSA) is 56.2 Å². The third-order valence-corrected chi connectivity index (χ3v) is 4.65. The zero-order chi connectivity index (χ0) is 21.8. The number of nitrogens with zero attached hydrogens (tertiary/aromatic N) is 2. The lowest BCUT2D eigenvalue weighted by atomic mass is 10.2. The highest BCUT2D eigenvalue weighted by Crippen LogP contribution is 2.23. The van der Waals surface area contributed by atoms with E-state index in [0.29, 0.717) is 16.4 Å². The molecule has 4 rings (SSSR count). The first-order valence-corrected chi connectivity index (χ1v) is 9.65. The maximum absolute atomic E-state index is 13.3. The minimum atomic E-state index is -0.489. The lowest BCUT2D eigenvalue weighted by Crippen LogP contribution is -2.14. The summed E-state index contributed by atoms with van der Waals surface area (Å²) in [7, 11) is 0. The van der Waals surface area contributed by atoms with Crippen molar-refractivity contribution >= 4 is 23.2 Å². The fraction of sp³-hybridized carbons (Fsp3) is 0.0435. The monoisotopic (exact) mass is 439 g/mol. The Labute approximate surface area is 181 Å². The lowest BCUT2D eigenvalue weighted by molar-refractivity contribution is 0.101. The fourth-order valence-electron chi connectivity index (χ4n) is 2.81. The van der Waals surface area contributed by atoms with E-state index in [1.807, 2.05) is 0 Å². The number of carbonyl (C=O) groups excluding carboxylic acids is 1. The molecular weight excluding hydrogens is 424 g/mol. The van der Waals surface area contributed by atoms with Gasteiger partial charge in [0.05, 0.1) is 11.9 Å². The molecule has 0 bridgehead atoms. The molecule has 0 saturated carbocycles. The molecule has 0 fully saturated rings. The van der Waals surface area contributed by atoms with Crippen LogP contribution in [-0.2, 0) is 6.61 Å². The van der Waals surface area contributed by atoms with Crippen LogP contribution in [0.1, 0.15) is 16.1 Å². The summed E-state index contributed by atoms with van der Waals surface area (Å²) in [6.07, 6.45) is 1.54. The van der Waals surface area contributed by atoms with Crippen molar-refractivity contribution in [1.29, 1.82) is 0 Å². The molecule has 4 aromatic rings. The predicted molar refractivity (Wildman–Crippen MR) is 114 cm³/mol. The Hall–Kier alpha value is -3.71. The van der Waals surface area contributed by atoms with Gasteiger partial charge in [0.2, 0.25) is 0 Å². The number of hydrogen-bond acceptors (Lipinski definition) is 3. The second kappa shape index (κ2) is 8.97. The van der Waals surface area contributed by atoms with Crippen LogP contribution in [0.5, 0.6) is 5.75 Å². The van der Waals surface area contributed by atoms with Crippen molar-refractivity contribution < 1.29 is 18.3 Å². The van der Waals surface area contributed by atoms with E-state index in [2.05, 4.69) is 10.4 Å². The van der Waals surface area contributed by atoms with Gasteiger partial charge in [0.15, 0.2) is 11.4 Å². The van der Waals surface area contributed by atoms with E-state index >= 15 is 0 Å². The number of nitrogens with one attached hydrogen (secondary N) is 1. The number of ether oxygens (including phenoxy) is 1. The van der Waals surface area contributed by atoms with Gasteiger partial charge in [-0.2, -0.15) is 5.10 Å². The van der Waals surface area contributed by atoms with Crippen molar-refractivity contribution in [2.75, 3.05) is 5.32 Å². The number of halogens is 3. The summed E-state index contributed by atoms with van der Waals surface area (Å²) in [5.41, 5.74) is 1.86. The van der Waals surface area contributed by atoms with Gasteiger partial charge in [-0.25, -0.2) is 13.5 Å². The molecule has 1 aromatic heterocycles. The molecule has 31 heavy (non-hydrogen) atoms. The Morgan fingerprint density at radius 2 is 1.55 bits per heavy atom. The number of anilines is 1. The first-order valence-electron chi connectivity index (χ1n) is 9.28. The summed E-state index contributed by atoms with van der Waals surface area (Å²) >= 11 is 5.88. The molecule has 0 unspecified atom stereocenters. The van der Waals surface area contributed by atoms with Crippen LogP contribution in [-0.4, -0.2) is 15.7 Å². The van der Waals surface area contributed by atoms with Gasteiger partial charge in [-0.3, -0.25) is 4.79 Å². The highest BCUT2D eigenvalue weighted by atomic mass is 35.5. The number of amides is 1. The van der Waals surface area contributed by atoms with E-state index in [4.69, 9.17) is 16.3 Å². The van der Waals surface area contributed by atoms with Crippen LogP contribution >= 0.6 is 11.6 Å². The molecule has 0 atom stereocenters. The molecule has 0 spiro atoms. The van der Waals surface area contributed by atoms with E-state index < -0.39 is 5.91 Å². The van der Waals surface area contributed by atoms with E-state index in [0.717, 1.165) is 5.56 Å². The third-order valence-electron chi connectivity index (χ3n) is 4.40. The Morgan fingerprint density at radius 3 is 2.19 bits per heavy atom. The molecule has 156 valence electrons. The van der Waals surface area contributed by atoms with E-state index in [1.54, 1.807) is 36.4 Å². The molecule has 1 heterocycles. The predicted octanol–water partition coefficient (Wildman–Crippen LogP) is 5.64. The Balaban J connectivity index is 1.61. The number of benzene rings is 3. The summed E-state index contributed by atoms with van der Waals surface area (Å²) in [4.78, 5) is 12.9. The zero-order valence-electron chi connectivity index (χ0n) is 16.1. The van der Waals surface area contributed by atoms with Gasteiger partial charge in [-0.05, 0) is 66.2 Å². The molecular formula is C23H16ClF2N3O2. The molecule has 5 nitrogen and oxygen atoms in total. The minimum Gasteiger partial charge on any atom is -0.485 e. The number of rotatable bonds is 6. The minimum absolute atomic E-state index is 0.0430. The summed E-state index contributed by atoms with van der Waals surface area (Å²) < 4.78 is 33.6. The SMILES string of the molecule is O=C(Nc1ccc(Cl)cc1)c1nn(-c2ccc(F)cc2)cc1OCc1ccc(F)cc1. The maximum atomic E-state index is 13.3. The lowest BCUT2D eigenvalue weighted by Gasteiger charge is -2.07. The quantitative estimate of drug-likeness (QED) is 0.423. The second-order valence-electron chi connectivity index (χ2n) is 6.64. The molecule has 3 aromatic carbocycles. The Bertz CT molecular complexity index is 1190. The normalized spacial score (nSPS) is 10.7. The van der Waals surface area contributed by atoms with Gasteiger partial charge in [0, 0.05) is 10.7 Å². The number of hydrogen-bond donors (Lipinski definition) is 1. The number of aromatic nitrogens is 2. The van der Waals surface area contributed by atoms with E-state index in [-0.39, 0.29) is 29.7 Å². The first-order chi connectivity index (χ1) is 15.0. The van der Waals surface area contributed by atoms with Gasteiger partial charge in [-0.15, -0.1) is 0 Å². The van der Waals surface area contributed by atoms with Crippen LogP contribution in [0.25, 0.3) is 5.69 Å². The van der Waals surface area contributed by atoms with Crippen LogP contribution in [0.4, 0.5) is 14.5 Å². The van der Waals surface area contributed by atoms with E-state index in [1.165, 1.54) is 47.3 Å². The molecule has 0 aliphatic heterocycles. The third kappa shape index (κ3) is 5.07. The number of carbonyl (C=O) groups is 1. The Morgan fingerprint density at radius 1 is 0.935 bits per heavy atom. The molecule has 1 N–H and O–H groups in total. The van der Waals surface area contributed by atoms with Gasteiger partial charge in [0.25, 0.3) is 5.91 Å². The van der Waals surface area contributed by atoms with Crippen molar-refractivity contribution in [3.63, 3.8) is 0 Å².